The molecule has 2 aliphatic carbocycles. The number of aromatic hydroxyl groups is 4. The van der Waals surface area contributed by atoms with Gasteiger partial charge in [-0.05, 0) is 93.0 Å². The molecule has 0 aliphatic heterocycles. The van der Waals surface area contributed by atoms with Crippen LogP contribution in [0.15, 0.2) is 60.7 Å². The number of phenolic OH excluding ortho intramolecular Hbond substituents is 4. The summed E-state index contributed by atoms with van der Waals surface area (Å²) in [6, 6.07) is 17.5. The number of rotatable bonds is 0. The second-order valence-electron chi connectivity index (χ2n) is 8.33. The summed E-state index contributed by atoms with van der Waals surface area (Å²) in [7, 11) is 0. The van der Waals surface area contributed by atoms with E-state index in [9.17, 15) is 20.4 Å². The summed E-state index contributed by atoms with van der Waals surface area (Å²) in [6.07, 6.45) is 11.5. The fourth-order valence-corrected chi connectivity index (χ4v) is 5.45. The zero-order valence-corrected chi connectivity index (χ0v) is 17.2. The van der Waals surface area contributed by atoms with Crippen LogP contribution in [0.4, 0.5) is 0 Å². The van der Waals surface area contributed by atoms with Crippen LogP contribution >= 0.6 is 0 Å². The van der Waals surface area contributed by atoms with Gasteiger partial charge < -0.3 is 20.4 Å². The van der Waals surface area contributed by atoms with Gasteiger partial charge in [0.1, 0.15) is 0 Å². The van der Waals surface area contributed by atoms with E-state index in [4.69, 9.17) is 12.8 Å². The highest BCUT2D eigenvalue weighted by atomic mass is 16.3. The molecule has 4 aromatic rings. The van der Waals surface area contributed by atoms with Crippen LogP contribution in [0.2, 0.25) is 0 Å². The number of phenols is 4. The first-order valence-electron chi connectivity index (χ1n) is 10.3. The molecule has 4 heteroatoms. The summed E-state index contributed by atoms with van der Waals surface area (Å²) in [5.74, 6) is 4.38. The highest BCUT2D eigenvalue weighted by molar-refractivity contribution is 5.96. The number of hydrogen-bond acceptors (Lipinski definition) is 4. The molecule has 0 radical (unpaired) electrons. The first-order valence-corrected chi connectivity index (χ1v) is 10.3. The van der Waals surface area contributed by atoms with Gasteiger partial charge in [0, 0.05) is 11.1 Å². The molecule has 33 heavy (non-hydrogen) atoms. The number of terminal acetylenes is 2. The molecule has 0 aromatic heterocycles. The van der Waals surface area contributed by atoms with Gasteiger partial charge >= 0.3 is 0 Å². The molecule has 0 saturated heterocycles. The lowest BCUT2D eigenvalue weighted by atomic mass is 9.70. The maximum absolute atomic E-state index is 10.5. The summed E-state index contributed by atoms with van der Waals surface area (Å²) in [6.45, 7) is 0. The molecule has 0 saturated carbocycles. The standard InChI is InChI=1S/C29H16O4/c1-3-15-5-7-17-19-11-25(30)27(32)13-23(19)29(21(17)9-15)22-10-16(4-2)6-8-18(22)20-12-26(31)28(33)14-24(20)29/h1-2,5-14,30-33H. The van der Waals surface area contributed by atoms with Crippen LogP contribution in [-0.4, -0.2) is 20.4 Å². The van der Waals surface area contributed by atoms with Crippen molar-refractivity contribution in [2.45, 2.75) is 5.41 Å². The van der Waals surface area contributed by atoms with Crippen LogP contribution in [0.25, 0.3) is 22.3 Å². The predicted octanol–water partition coefficient (Wildman–Crippen LogP) is 4.82. The second-order valence-corrected chi connectivity index (χ2v) is 8.33. The molecule has 0 fully saturated rings. The van der Waals surface area contributed by atoms with Crippen LogP contribution in [-0.2, 0) is 5.41 Å². The molecule has 0 atom stereocenters. The fraction of sp³-hybridized carbons (Fsp3) is 0.0345. The Morgan fingerprint density at radius 2 is 0.848 bits per heavy atom. The lowest BCUT2D eigenvalue weighted by Crippen LogP contribution is -2.26. The Morgan fingerprint density at radius 1 is 0.485 bits per heavy atom. The van der Waals surface area contributed by atoms with Crippen molar-refractivity contribution in [2.75, 3.05) is 0 Å². The second kappa shape index (κ2) is 6.13. The zero-order valence-electron chi connectivity index (χ0n) is 17.2. The first-order chi connectivity index (χ1) is 15.9. The van der Waals surface area contributed by atoms with E-state index < -0.39 is 5.41 Å². The average Bonchev–Trinajstić information content (AvgIpc) is 3.24. The number of hydrogen-bond donors (Lipinski definition) is 4. The smallest absolute Gasteiger partial charge is 0.158 e. The van der Waals surface area contributed by atoms with E-state index in [0.717, 1.165) is 44.5 Å². The van der Waals surface area contributed by atoms with Crippen LogP contribution in [0, 0.1) is 24.7 Å². The lowest BCUT2D eigenvalue weighted by molar-refractivity contribution is 0.402. The predicted molar refractivity (Wildman–Crippen MR) is 125 cm³/mol. The number of fused-ring (bicyclic) bond motifs is 10. The van der Waals surface area contributed by atoms with Gasteiger partial charge in [0.15, 0.2) is 23.0 Å². The first kappa shape index (κ1) is 18.9. The third-order valence-electron chi connectivity index (χ3n) is 6.80. The minimum absolute atomic E-state index is 0.234. The van der Waals surface area contributed by atoms with E-state index in [1.807, 2.05) is 36.4 Å². The molecule has 156 valence electrons. The van der Waals surface area contributed by atoms with Crippen molar-refractivity contribution < 1.29 is 20.4 Å². The minimum atomic E-state index is -0.967. The normalized spacial score (nSPS) is 13.5. The molecular formula is C29H16O4. The van der Waals surface area contributed by atoms with Crippen LogP contribution in [0.3, 0.4) is 0 Å². The van der Waals surface area contributed by atoms with Crippen molar-refractivity contribution in [2.24, 2.45) is 0 Å². The molecule has 0 heterocycles. The van der Waals surface area contributed by atoms with Gasteiger partial charge in [-0.2, -0.15) is 0 Å². The third-order valence-corrected chi connectivity index (χ3v) is 6.80. The molecular weight excluding hydrogens is 412 g/mol. The Balaban J connectivity index is 1.88. The van der Waals surface area contributed by atoms with E-state index in [-0.39, 0.29) is 23.0 Å². The number of benzene rings is 4. The largest absolute Gasteiger partial charge is 0.504 e. The van der Waals surface area contributed by atoms with Crippen LogP contribution < -0.4 is 0 Å². The van der Waals surface area contributed by atoms with Gasteiger partial charge in [0.2, 0.25) is 0 Å². The summed E-state index contributed by atoms with van der Waals surface area (Å²) in [5.41, 5.74) is 6.67. The van der Waals surface area contributed by atoms with E-state index >= 15 is 0 Å². The summed E-state index contributed by atoms with van der Waals surface area (Å²) in [5, 5.41) is 41.6. The summed E-state index contributed by atoms with van der Waals surface area (Å²) < 4.78 is 0. The Kier molecular flexibility index (Phi) is 3.51. The van der Waals surface area contributed by atoms with Gasteiger partial charge in [-0.25, -0.2) is 0 Å². The molecule has 2 aliphatic rings. The molecule has 0 amide bonds. The van der Waals surface area contributed by atoms with Gasteiger partial charge in [0.25, 0.3) is 0 Å². The van der Waals surface area contributed by atoms with E-state index in [0.29, 0.717) is 11.1 Å². The SMILES string of the molecule is C#Cc1ccc2c(c1)C1(c3cc(C#C)ccc3-c3cc(O)c(O)cc31)c1cc(O)c(O)cc1-2. The molecule has 0 unspecified atom stereocenters. The maximum atomic E-state index is 10.5. The topological polar surface area (TPSA) is 80.9 Å². The van der Waals surface area contributed by atoms with Crippen LogP contribution in [0.1, 0.15) is 33.4 Å². The lowest BCUT2D eigenvalue weighted by Gasteiger charge is -2.31. The van der Waals surface area contributed by atoms with Gasteiger partial charge in [-0.15, -0.1) is 12.8 Å². The Morgan fingerprint density at radius 3 is 1.24 bits per heavy atom. The zero-order chi connectivity index (χ0) is 23.1. The summed E-state index contributed by atoms with van der Waals surface area (Å²) in [4.78, 5) is 0. The van der Waals surface area contributed by atoms with Crippen molar-refractivity contribution in [1.29, 1.82) is 0 Å². The van der Waals surface area contributed by atoms with Crippen molar-refractivity contribution in [1.82, 2.24) is 0 Å². The highest BCUT2D eigenvalue weighted by Gasteiger charge is 2.52. The van der Waals surface area contributed by atoms with Gasteiger partial charge in [-0.3, -0.25) is 0 Å². The average molecular weight is 428 g/mol. The quantitative estimate of drug-likeness (QED) is 0.207. The molecule has 4 aromatic carbocycles. The summed E-state index contributed by atoms with van der Waals surface area (Å²) >= 11 is 0. The van der Waals surface area contributed by atoms with Crippen molar-refractivity contribution in [3.05, 3.63) is 94.0 Å². The van der Waals surface area contributed by atoms with E-state index in [2.05, 4.69) is 11.8 Å². The Labute approximate surface area is 190 Å². The Bertz CT molecular complexity index is 1510. The minimum Gasteiger partial charge on any atom is -0.504 e. The molecule has 4 nitrogen and oxygen atoms in total. The van der Waals surface area contributed by atoms with E-state index in [1.54, 1.807) is 12.1 Å². The van der Waals surface area contributed by atoms with Crippen molar-refractivity contribution in [3.8, 4) is 69.9 Å². The molecule has 0 bridgehead atoms. The Hall–Kier alpha value is -4.80. The van der Waals surface area contributed by atoms with Gasteiger partial charge in [0.05, 0.1) is 5.41 Å². The maximum Gasteiger partial charge on any atom is 0.158 e. The molecule has 6 rings (SSSR count). The van der Waals surface area contributed by atoms with Crippen molar-refractivity contribution in [3.63, 3.8) is 0 Å². The molecule has 4 N–H and O–H groups in total. The van der Waals surface area contributed by atoms with Crippen LogP contribution in [0.5, 0.6) is 23.0 Å². The van der Waals surface area contributed by atoms with E-state index in [1.165, 1.54) is 12.1 Å². The van der Waals surface area contributed by atoms with Crippen molar-refractivity contribution >= 4 is 0 Å². The van der Waals surface area contributed by atoms with Gasteiger partial charge in [-0.1, -0.05) is 24.0 Å². The third kappa shape index (κ3) is 2.17. The fourth-order valence-electron chi connectivity index (χ4n) is 5.45. The molecule has 1 spiro atoms. The monoisotopic (exact) mass is 428 g/mol. The highest BCUT2D eigenvalue weighted by Crippen LogP contribution is 2.64.